The molecule has 1 N–H and O–H groups in total. The maximum atomic E-state index is 4.54. The van der Waals surface area contributed by atoms with Crippen molar-refractivity contribution >= 4 is 26.8 Å². The number of aromatic nitrogens is 1. The first kappa shape index (κ1) is 16.4. The molecule has 0 atom stereocenters. The number of fused-ring (bicyclic) bond motifs is 1. The molecule has 0 fully saturated rings. The fourth-order valence-electron chi connectivity index (χ4n) is 2.95. The van der Waals surface area contributed by atoms with Crippen molar-refractivity contribution in [3.05, 3.63) is 40.5 Å². The number of benzene rings is 1. The molecule has 0 spiro atoms. The van der Waals surface area contributed by atoms with Gasteiger partial charge < -0.3 is 5.32 Å². The van der Waals surface area contributed by atoms with Gasteiger partial charge in [0.25, 0.3) is 0 Å². The number of nitrogens with one attached hydrogen (secondary N) is 1. The summed E-state index contributed by atoms with van der Waals surface area (Å²) in [5.74, 6) is 2.12. The van der Waals surface area contributed by atoms with Crippen LogP contribution in [-0.4, -0.2) is 11.5 Å². The second-order valence-corrected chi connectivity index (χ2v) is 7.24. The Morgan fingerprint density at radius 2 is 1.81 bits per heavy atom. The van der Waals surface area contributed by atoms with Gasteiger partial charge in [0, 0.05) is 22.6 Å². The molecule has 114 valence electrons. The minimum atomic E-state index is 0.706. The van der Waals surface area contributed by atoms with Crippen LogP contribution >= 0.6 is 15.9 Å². The zero-order valence-electron chi connectivity index (χ0n) is 13.4. The highest BCUT2D eigenvalue weighted by Gasteiger charge is 2.17. The average molecular weight is 349 g/mol. The van der Waals surface area contributed by atoms with Crippen molar-refractivity contribution in [3.8, 4) is 0 Å². The van der Waals surface area contributed by atoms with E-state index in [-0.39, 0.29) is 0 Å². The van der Waals surface area contributed by atoms with E-state index in [9.17, 15) is 0 Å². The van der Waals surface area contributed by atoms with Crippen LogP contribution in [0.15, 0.2) is 34.9 Å². The summed E-state index contributed by atoms with van der Waals surface area (Å²) < 4.78 is 1.11. The Morgan fingerprint density at radius 1 is 1.10 bits per heavy atom. The minimum absolute atomic E-state index is 0.706. The average Bonchev–Trinajstić information content (AvgIpc) is 2.45. The number of hydrogen-bond donors (Lipinski definition) is 1. The van der Waals surface area contributed by atoms with Crippen LogP contribution in [0.5, 0.6) is 0 Å². The van der Waals surface area contributed by atoms with Crippen LogP contribution in [0, 0.1) is 17.8 Å². The van der Waals surface area contributed by atoms with E-state index in [1.165, 1.54) is 10.9 Å². The summed E-state index contributed by atoms with van der Waals surface area (Å²) in [6.07, 6.45) is 1.86. The molecule has 0 bridgehead atoms. The van der Waals surface area contributed by atoms with Gasteiger partial charge in [-0.3, -0.25) is 4.98 Å². The van der Waals surface area contributed by atoms with Crippen LogP contribution < -0.4 is 5.32 Å². The molecule has 0 amide bonds. The smallest absolute Gasteiger partial charge is 0.0758 e. The summed E-state index contributed by atoms with van der Waals surface area (Å²) in [5, 5.41) is 4.80. The van der Waals surface area contributed by atoms with Gasteiger partial charge in [-0.15, -0.1) is 0 Å². The Kier molecular flexibility index (Phi) is 5.77. The molecule has 0 aliphatic carbocycles. The van der Waals surface area contributed by atoms with E-state index in [1.807, 2.05) is 12.3 Å². The second kappa shape index (κ2) is 7.37. The Balaban J connectivity index is 2.09. The monoisotopic (exact) mass is 348 g/mol. The Hall–Kier alpha value is -0.930. The highest BCUT2D eigenvalue weighted by Crippen LogP contribution is 2.25. The third kappa shape index (κ3) is 4.04. The lowest BCUT2D eigenvalue weighted by Crippen LogP contribution is -2.29. The van der Waals surface area contributed by atoms with Crippen molar-refractivity contribution in [1.82, 2.24) is 10.3 Å². The van der Waals surface area contributed by atoms with E-state index in [2.05, 4.69) is 72.1 Å². The lowest BCUT2D eigenvalue weighted by atomic mass is 9.85. The summed E-state index contributed by atoms with van der Waals surface area (Å²) in [4.78, 5) is 4.54. The van der Waals surface area contributed by atoms with E-state index in [0.717, 1.165) is 23.1 Å². The normalized spacial score (nSPS) is 12.0. The number of rotatable bonds is 6. The largest absolute Gasteiger partial charge is 0.312 e. The molecule has 1 aromatic carbocycles. The van der Waals surface area contributed by atoms with Gasteiger partial charge in [-0.25, -0.2) is 0 Å². The topological polar surface area (TPSA) is 24.9 Å². The molecular formula is C18H25BrN2. The van der Waals surface area contributed by atoms with Crippen LogP contribution in [0.2, 0.25) is 0 Å². The number of hydrogen-bond acceptors (Lipinski definition) is 2. The molecule has 1 aromatic heterocycles. The van der Waals surface area contributed by atoms with Crippen LogP contribution in [-0.2, 0) is 6.54 Å². The Labute approximate surface area is 136 Å². The number of nitrogens with zero attached hydrogens (tertiary/aromatic N) is 1. The quantitative estimate of drug-likeness (QED) is 0.792. The van der Waals surface area contributed by atoms with E-state index >= 15 is 0 Å². The van der Waals surface area contributed by atoms with Gasteiger partial charge in [-0.2, -0.15) is 0 Å². The Bertz CT molecular complexity index is 585. The van der Waals surface area contributed by atoms with Crippen molar-refractivity contribution in [2.24, 2.45) is 17.8 Å². The lowest BCUT2D eigenvalue weighted by molar-refractivity contribution is 0.275. The summed E-state index contributed by atoms with van der Waals surface area (Å²) in [6.45, 7) is 11.2. The maximum Gasteiger partial charge on any atom is 0.0758 e. The fraction of sp³-hybridized carbons (Fsp3) is 0.500. The lowest BCUT2D eigenvalue weighted by Gasteiger charge is -2.25. The van der Waals surface area contributed by atoms with Gasteiger partial charge in [0.2, 0.25) is 0 Å². The van der Waals surface area contributed by atoms with Gasteiger partial charge in [0.05, 0.1) is 5.52 Å². The third-order valence-corrected chi connectivity index (χ3v) is 4.90. The molecule has 0 radical (unpaired) electrons. The summed E-state index contributed by atoms with van der Waals surface area (Å²) in [7, 11) is 0. The second-order valence-electron chi connectivity index (χ2n) is 6.39. The predicted octanol–water partition coefficient (Wildman–Crippen LogP) is 5.02. The summed E-state index contributed by atoms with van der Waals surface area (Å²) in [5.41, 5.74) is 2.35. The van der Waals surface area contributed by atoms with E-state index in [4.69, 9.17) is 0 Å². The van der Waals surface area contributed by atoms with Crippen molar-refractivity contribution in [2.45, 2.75) is 34.2 Å². The first-order chi connectivity index (χ1) is 10.0. The van der Waals surface area contributed by atoms with Crippen molar-refractivity contribution in [2.75, 3.05) is 6.54 Å². The fourth-order valence-corrected chi connectivity index (χ4v) is 3.41. The first-order valence-corrected chi connectivity index (χ1v) is 8.52. The molecule has 2 rings (SSSR count). The van der Waals surface area contributed by atoms with Gasteiger partial charge >= 0.3 is 0 Å². The van der Waals surface area contributed by atoms with Gasteiger partial charge in [-0.1, -0.05) is 55.8 Å². The minimum Gasteiger partial charge on any atom is -0.312 e. The van der Waals surface area contributed by atoms with Crippen molar-refractivity contribution in [3.63, 3.8) is 0 Å². The van der Waals surface area contributed by atoms with E-state index in [1.54, 1.807) is 0 Å². The number of pyridine rings is 1. The first-order valence-electron chi connectivity index (χ1n) is 7.73. The molecule has 3 heteroatoms. The third-order valence-electron chi connectivity index (χ3n) is 4.21. The van der Waals surface area contributed by atoms with Crippen molar-refractivity contribution < 1.29 is 0 Å². The maximum absolute atomic E-state index is 4.54. The van der Waals surface area contributed by atoms with Crippen molar-refractivity contribution in [1.29, 1.82) is 0 Å². The molecule has 2 nitrogen and oxygen atoms in total. The molecule has 0 unspecified atom stereocenters. The predicted molar refractivity (Wildman–Crippen MR) is 94.3 cm³/mol. The zero-order chi connectivity index (χ0) is 15.4. The standard InChI is InChI=1S/C18H25BrN2/c1-12(2)16(13(3)4)11-20-10-14-7-8-17(19)15-6-5-9-21-18(14)15/h5-9,12-13,16,20H,10-11H2,1-4H3. The van der Waals surface area contributed by atoms with Gasteiger partial charge in [-0.05, 0) is 42.0 Å². The molecule has 0 saturated carbocycles. The molecule has 0 saturated heterocycles. The molecule has 1 heterocycles. The van der Waals surface area contributed by atoms with E-state index in [0.29, 0.717) is 17.8 Å². The molecule has 0 aliphatic rings. The highest BCUT2D eigenvalue weighted by atomic mass is 79.9. The van der Waals surface area contributed by atoms with Crippen LogP contribution in [0.25, 0.3) is 10.9 Å². The van der Waals surface area contributed by atoms with Crippen LogP contribution in [0.3, 0.4) is 0 Å². The van der Waals surface area contributed by atoms with E-state index < -0.39 is 0 Å². The van der Waals surface area contributed by atoms with Gasteiger partial charge in [0.1, 0.15) is 0 Å². The molecule has 2 aromatic rings. The SMILES string of the molecule is CC(C)C(CNCc1ccc(Br)c2cccnc12)C(C)C. The molecular weight excluding hydrogens is 324 g/mol. The number of halogens is 1. The summed E-state index contributed by atoms with van der Waals surface area (Å²) >= 11 is 3.60. The zero-order valence-corrected chi connectivity index (χ0v) is 14.9. The molecule has 0 aliphatic heterocycles. The van der Waals surface area contributed by atoms with Crippen LogP contribution in [0.4, 0.5) is 0 Å². The molecule has 21 heavy (non-hydrogen) atoms. The summed E-state index contributed by atoms with van der Waals surface area (Å²) in [6, 6.07) is 8.37. The van der Waals surface area contributed by atoms with Gasteiger partial charge in [0.15, 0.2) is 0 Å². The van der Waals surface area contributed by atoms with Crippen LogP contribution in [0.1, 0.15) is 33.3 Å². The highest BCUT2D eigenvalue weighted by molar-refractivity contribution is 9.10. The Morgan fingerprint density at radius 3 is 2.48 bits per heavy atom.